The molecule has 0 aromatic heterocycles. The minimum absolute atomic E-state index is 0.0296. The predicted molar refractivity (Wildman–Crippen MR) is 82.5 cm³/mol. The fourth-order valence-electron chi connectivity index (χ4n) is 2.34. The summed E-state index contributed by atoms with van der Waals surface area (Å²) in [6.45, 7) is 4.85. The number of sulfonamides is 1. The molecule has 0 bridgehead atoms. The predicted octanol–water partition coefficient (Wildman–Crippen LogP) is 1.21. The first-order valence-electron chi connectivity index (χ1n) is 7.39. The fourth-order valence-corrected chi connectivity index (χ4v) is 3.68. The molecule has 0 aliphatic carbocycles. The Morgan fingerprint density at radius 2 is 2.05 bits per heavy atom. The molecule has 124 valence electrons. The van der Waals surface area contributed by atoms with Gasteiger partial charge in [0.25, 0.3) is 0 Å². The van der Waals surface area contributed by atoms with Crippen LogP contribution in [-0.4, -0.2) is 45.5 Å². The van der Waals surface area contributed by atoms with Gasteiger partial charge < -0.3 is 14.6 Å². The minimum Gasteiger partial charge on any atom is -0.492 e. The van der Waals surface area contributed by atoms with Crippen LogP contribution in [0.25, 0.3) is 0 Å². The molecule has 2 rings (SSSR count). The maximum atomic E-state index is 12.5. The van der Waals surface area contributed by atoms with Gasteiger partial charge in [0.05, 0.1) is 12.2 Å². The smallest absolute Gasteiger partial charge is 0.244 e. The Morgan fingerprint density at radius 1 is 1.36 bits per heavy atom. The van der Waals surface area contributed by atoms with Crippen molar-refractivity contribution in [2.75, 3.05) is 26.4 Å². The Bertz CT molecular complexity index is 608. The molecule has 6 nitrogen and oxygen atoms in total. The lowest BCUT2D eigenvalue weighted by Gasteiger charge is -2.32. The number of rotatable bonds is 6. The van der Waals surface area contributed by atoms with Gasteiger partial charge in [-0.05, 0) is 31.5 Å². The maximum Gasteiger partial charge on any atom is 0.244 e. The summed E-state index contributed by atoms with van der Waals surface area (Å²) in [6.07, 6.45) is 0.837. The number of hydrogen-bond donors (Lipinski definition) is 2. The first-order chi connectivity index (χ1) is 10.4. The van der Waals surface area contributed by atoms with E-state index in [0.29, 0.717) is 38.4 Å². The van der Waals surface area contributed by atoms with Gasteiger partial charge in [-0.25, -0.2) is 13.1 Å². The van der Waals surface area contributed by atoms with Crippen LogP contribution in [0.4, 0.5) is 0 Å². The van der Waals surface area contributed by atoms with Gasteiger partial charge in [0, 0.05) is 32.6 Å². The second-order valence-electron chi connectivity index (χ2n) is 5.54. The van der Waals surface area contributed by atoms with Crippen LogP contribution in [0, 0.1) is 6.92 Å². The van der Waals surface area contributed by atoms with Crippen molar-refractivity contribution < 1.29 is 23.0 Å². The van der Waals surface area contributed by atoms with Crippen molar-refractivity contribution >= 4 is 10.0 Å². The Hall–Kier alpha value is -1.15. The highest BCUT2D eigenvalue weighted by atomic mass is 32.2. The van der Waals surface area contributed by atoms with Gasteiger partial charge in [0.1, 0.15) is 10.6 Å². The van der Waals surface area contributed by atoms with Crippen LogP contribution < -0.4 is 9.46 Å². The Morgan fingerprint density at radius 3 is 2.68 bits per heavy atom. The standard InChI is InChI=1S/C15H23NO5S/c1-3-21-13-5-4-12(2)10-14(13)22(18,19)16-11-15(17)6-8-20-9-7-15/h4-5,10,16-17H,3,6-9,11H2,1-2H3. The van der Waals surface area contributed by atoms with E-state index < -0.39 is 15.6 Å². The van der Waals surface area contributed by atoms with Gasteiger partial charge >= 0.3 is 0 Å². The van der Waals surface area contributed by atoms with Gasteiger partial charge in [-0.2, -0.15) is 0 Å². The van der Waals surface area contributed by atoms with Crippen molar-refractivity contribution in [2.45, 2.75) is 37.2 Å². The normalized spacial score (nSPS) is 18.1. The highest BCUT2D eigenvalue weighted by molar-refractivity contribution is 7.89. The zero-order valence-corrected chi connectivity index (χ0v) is 13.8. The Labute approximate surface area is 131 Å². The lowest BCUT2D eigenvalue weighted by atomic mass is 9.95. The molecule has 0 saturated carbocycles. The van der Waals surface area contributed by atoms with E-state index >= 15 is 0 Å². The van der Waals surface area contributed by atoms with Crippen LogP contribution in [0.1, 0.15) is 25.3 Å². The molecule has 1 aliphatic rings. The second kappa shape index (κ2) is 6.95. The third-order valence-electron chi connectivity index (χ3n) is 3.70. The lowest BCUT2D eigenvalue weighted by Crippen LogP contribution is -2.46. The lowest BCUT2D eigenvalue weighted by molar-refractivity contribution is -0.0588. The molecule has 22 heavy (non-hydrogen) atoms. The van der Waals surface area contributed by atoms with Crippen molar-refractivity contribution in [3.8, 4) is 5.75 Å². The molecular weight excluding hydrogens is 306 g/mol. The molecule has 1 aromatic rings. The number of aliphatic hydroxyl groups is 1. The summed E-state index contributed by atoms with van der Waals surface area (Å²) in [6, 6.07) is 5.02. The summed E-state index contributed by atoms with van der Waals surface area (Å²) >= 11 is 0. The molecular formula is C15H23NO5S. The summed E-state index contributed by atoms with van der Waals surface area (Å²) < 4.78 is 38.1. The van der Waals surface area contributed by atoms with Crippen molar-refractivity contribution in [3.63, 3.8) is 0 Å². The van der Waals surface area contributed by atoms with Gasteiger partial charge in [-0.1, -0.05) is 6.07 Å². The van der Waals surface area contributed by atoms with Crippen molar-refractivity contribution in [1.82, 2.24) is 4.72 Å². The molecule has 0 spiro atoms. The SMILES string of the molecule is CCOc1ccc(C)cc1S(=O)(=O)NCC1(O)CCOCC1. The molecule has 1 saturated heterocycles. The molecule has 1 aliphatic heterocycles. The summed E-state index contributed by atoms with van der Waals surface area (Å²) in [4.78, 5) is 0.102. The second-order valence-corrected chi connectivity index (χ2v) is 7.28. The van der Waals surface area contributed by atoms with Crippen molar-refractivity contribution in [1.29, 1.82) is 0 Å². The van der Waals surface area contributed by atoms with Crippen LogP contribution in [-0.2, 0) is 14.8 Å². The summed E-state index contributed by atoms with van der Waals surface area (Å²) in [7, 11) is -3.75. The van der Waals surface area contributed by atoms with E-state index in [9.17, 15) is 13.5 Å². The first kappa shape index (κ1) is 17.2. The van der Waals surface area contributed by atoms with Crippen LogP contribution in [0.2, 0.25) is 0 Å². The Kier molecular flexibility index (Phi) is 5.44. The van der Waals surface area contributed by atoms with Crippen LogP contribution in [0.3, 0.4) is 0 Å². The van der Waals surface area contributed by atoms with Crippen LogP contribution >= 0.6 is 0 Å². The first-order valence-corrected chi connectivity index (χ1v) is 8.88. The molecule has 0 atom stereocenters. The maximum absolute atomic E-state index is 12.5. The van der Waals surface area contributed by atoms with Crippen molar-refractivity contribution in [2.24, 2.45) is 0 Å². The van der Waals surface area contributed by atoms with Crippen LogP contribution in [0.5, 0.6) is 5.75 Å². The summed E-state index contributed by atoms with van der Waals surface area (Å²) in [5.41, 5.74) is -0.227. The molecule has 0 amide bonds. The topological polar surface area (TPSA) is 84.9 Å². The number of benzene rings is 1. The van der Waals surface area contributed by atoms with Gasteiger partial charge in [-0.15, -0.1) is 0 Å². The minimum atomic E-state index is -3.75. The van der Waals surface area contributed by atoms with Gasteiger partial charge in [-0.3, -0.25) is 0 Å². The van der Waals surface area contributed by atoms with Crippen molar-refractivity contribution in [3.05, 3.63) is 23.8 Å². The fraction of sp³-hybridized carbons (Fsp3) is 0.600. The number of aryl methyl sites for hydroxylation is 1. The average molecular weight is 329 g/mol. The largest absolute Gasteiger partial charge is 0.492 e. The summed E-state index contributed by atoms with van der Waals surface area (Å²) in [5, 5.41) is 10.4. The highest BCUT2D eigenvalue weighted by Crippen LogP contribution is 2.26. The molecule has 1 heterocycles. The molecule has 1 aromatic carbocycles. The number of ether oxygens (including phenoxy) is 2. The third kappa shape index (κ3) is 4.19. The van der Waals surface area contributed by atoms with Gasteiger partial charge in [0.2, 0.25) is 10.0 Å². The zero-order valence-electron chi connectivity index (χ0n) is 13.0. The molecule has 0 unspecified atom stereocenters. The van der Waals surface area contributed by atoms with E-state index in [0.717, 1.165) is 5.56 Å². The number of nitrogens with one attached hydrogen (secondary N) is 1. The zero-order chi connectivity index (χ0) is 16.2. The monoisotopic (exact) mass is 329 g/mol. The molecule has 7 heteroatoms. The van der Waals surface area contributed by atoms with E-state index in [1.807, 2.05) is 6.92 Å². The summed E-state index contributed by atoms with van der Waals surface area (Å²) in [5.74, 6) is 0.319. The average Bonchev–Trinajstić information content (AvgIpc) is 2.48. The molecule has 0 radical (unpaired) electrons. The molecule has 2 N–H and O–H groups in total. The quantitative estimate of drug-likeness (QED) is 0.819. The van der Waals surface area contributed by atoms with E-state index in [-0.39, 0.29) is 11.4 Å². The third-order valence-corrected chi connectivity index (χ3v) is 5.13. The van der Waals surface area contributed by atoms with E-state index in [1.54, 1.807) is 25.1 Å². The van der Waals surface area contributed by atoms with E-state index in [2.05, 4.69) is 4.72 Å². The van der Waals surface area contributed by atoms with E-state index in [1.165, 1.54) is 0 Å². The van der Waals surface area contributed by atoms with Gasteiger partial charge in [0.15, 0.2) is 0 Å². The highest BCUT2D eigenvalue weighted by Gasteiger charge is 2.32. The number of hydrogen-bond acceptors (Lipinski definition) is 5. The Balaban J connectivity index is 2.17. The molecule has 1 fully saturated rings. The van der Waals surface area contributed by atoms with E-state index in [4.69, 9.17) is 9.47 Å². The van der Waals surface area contributed by atoms with Crippen LogP contribution in [0.15, 0.2) is 23.1 Å².